The lowest BCUT2D eigenvalue weighted by molar-refractivity contribution is 0.260. The molecule has 2 aliphatic carbocycles. The molecule has 2 aromatic rings. The minimum atomic E-state index is -3.46. The van der Waals surface area contributed by atoms with E-state index in [9.17, 15) is 9.00 Å². The molecule has 0 radical (unpaired) electrons. The van der Waals surface area contributed by atoms with Gasteiger partial charge in [-0.1, -0.05) is 6.07 Å². The number of rotatable bonds is 2. The maximum Gasteiger partial charge on any atom is 0.354 e. The SMILES string of the molecule is C[C@H]1COc2c([S@](N)(=O)=NC(=O)Nc3c4c(cc5c3CCC5)CCC4)cnn21. The first-order valence-corrected chi connectivity index (χ1v) is 11.2. The Morgan fingerprint density at radius 3 is 2.64 bits per heavy atom. The van der Waals surface area contributed by atoms with E-state index in [1.54, 1.807) is 4.68 Å². The number of fused-ring (bicyclic) bond motifs is 3. The van der Waals surface area contributed by atoms with Gasteiger partial charge in [-0.25, -0.2) is 18.8 Å². The number of anilines is 1. The highest BCUT2D eigenvalue weighted by Gasteiger charge is 2.30. The normalized spacial score (nSPS) is 21.4. The number of carbonyl (C=O) groups is 1. The Labute approximate surface area is 163 Å². The minimum absolute atomic E-state index is 0.0299. The van der Waals surface area contributed by atoms with Gasteiger partial charge in [-0.15, -0.1) is 4.36 Å². The van der Waals surface area contributed by atoms with Gasteiger partial charge in [-0.2, -0.15) is 5.10 Å². The van der Waals surface area contributed by atoms with E-state index < -0.39 is 15.9 Å². The summed E-state index contributed by atoms with van der Waals surface area (Å²) in [6.07, 6.45) is 7.51. The van der Waals surface area contributed by atoms with Crippen LogP contribution in [0.4, 0.5) is 10.5 Å². The van der Waals surface area contributed by atoms with E-state index in [-0.39, 0.29) is 10.9 Å². The van der Waals surface area contributed by atoms with Crippen LogP contribution in [-0.2, 0) is 35.6 Å². The molecule has 0 fully saturated rings. The number of amides is 2. The number of hydrogen-bond donors (Lipinski definition) is 2. The van der Waals surface area contributed by atoms with Crippen LogP contribution in [0.3, 0.4) is 0 Å². The number of carbonyl (C=O) groups excluding carboxylic acids is 1. The van der Waals surface area contributed by atoms with Crippen molar-refractivity contribution in [3.8, 4) is 5.88 Å². The number of nitrogens with two attached hydrogens (primary N) is 1. The average Bonchev–Trinajstić information content (AvgIpc) is 3.38. The van der Waals surface area contributed by atoms with E-state index in [0.29, 0.717) is 12.5 Å². The molecule has 3 aliphatic rings. The highest BCUT2D eigenvalue weighted by molar-refractivity contribution is 7.91. The summed E-state index contributed by atoms with van der Waals surface area (Å²) in [5, 5.41) is 13.0. The summed E-state index contributed by atoms with van der Waals surface area (Å²) in [4.78, 5) is 12.8. The summed E-state index contributed by atoms with van der Waals surface area (Å²) in [7, 11) is -3.46. The summed E-state index contributed by atoms with van der Waals surface area (Å²) in [5.41, 5.74) is 5.85. The van der Waals surface area contributed by atoms with Crippen molar-refractivity contribution in [2.75, 3.05) is 11.9 Å². The molecule has 1 aromatic carbocycles. The molecule has 0 spiro atoms. The summed E-state index contributed by atoms with van der Waals surface area (Å²) < 4.78 is 24.0. The molecule has 0 saturated heterocycles. The molecule has 0 bridgehead atoms. The molecule has 1 aliphatic heterocycles. The standard InChI is InChI=1S/C19H23N5O3S/c1-11-10-27-18-16(9-21-24(11)18)28(20,26)23-19(25)22-17-14-6-2-4-12(14)8-13-5-3-7-15(13)17/h8-9,11H,2-7,10H2,1H3,(H3,20,22,23,25,26)/t11-,28+/m0/s1. The predicted molar refractivity (Wildman–Crippen MR) is 105 cm³/mol. The zero-order valence-electron chi connectivity index (χ0n) is 15.7. The molecule has 9 heteroatoms. The summed E-state index contributed by atoms with van der Waals surface area (Å²) in [5.74, 6) is 0.332. The van der Waals surface area contributed by atoms with Gasteiger partial charge in [0.2, 0.25) is 5.88 Å². The van der Waals surface area contributed by atoms with Crippen molar-refractivity contribution >= 4 is 21.6 Å². The molecule has 0 unspecified atom stereocenters. The number of urea groups is 1. The molecule has 8 nitrogen and oxygen atoms in total. The van der Waals surface area contributed by atoms with Gasteiger partial charge in [-0.3, -0.25) is 0 Å². The largest absolute Gasteiger partial charge is 0.475 e. The lowest BCUT2D eigenvalue weighted by atomic mass is 9.99. The molecular weight excluding hydrogens is 378 g/mol. The van der Waals surface area contributed by atoms with E-state index in [2.05, 4.69) is 20.8 Å². The first-order valence-electron chi connectivity index (χ1n) is 9.67. The second-order valence-corrected chi connectivity index (χ2v) is 9.50. The Kier molecular flexibility index (Phi) is 3.99. The third kappa shape index (κ3) is 2.72. The molecule has 2 atom stereocenters. The molecule has 2 heterocycles. The van der Waals surface area contributed by atoms with Crippen molar-refractivity contribution in [3.05, 3.63) is 34.5 Å². The maximum atomic E-state index is 13.0. The Hall–Kier alpha value is -2.39. The second kappa shape index (κ2) is 6.31. The number of aryl methyl sites for hydroxylation is 2. The van der Waals surface area contributed by atoms with Gasteiger partial charge in [0.25, 0.3) is 0 Å². The minimum Gasteiger partial charge on any atom is -0.475 e. The number of aromatic nitrogens is 2. The number of benzene rings is 1. The molecule has 1 aromatic heterocycles. The van der Waals surface area contributed by atoms with Crippen LogP contribution in [0.5, 0.6) is 5.88 Å². The molecule has 0 saturated carbocycles. The average molecular weight is 401 g/mol. The van der Waals surface area contributed by atoms with Gasteiger partial charge in [-0.05, 0) is 67.7 Å². The quantitative estimate of drug-likeness (QED) is 0.806. The zero-order valence-corrected chi connectivity index (χ0v) is 16.6. The maximum absolute atomic E-state index is 13.0. The summed E-state index contributed by atoms with van der Waals surface area (Å²) in [6, 6.07) is 1.63. The lowest BCUT2D eigenvalue weighted by Gasteiger charge is -2.15. The van der Waals surface area contributed by atoms with E-state index in [4.69, 9.17) is 9.88 Å². The number of nitrogens with zero attached hydrogens (tertiary/aromatic N) is 3. The molecule has 28 heavy (non-hydrogen) atoms. The monoisotopic (exact) mass is 401 g/mol. The van der Waals surface area contributed by atoms with Crippen LogP contribution in [0.2, 0.25) is 0 Å². The lowest BCUT2D eigenvalue weighted by Crippen LogP contribution is -2.19. The van der Waals surface area contributed by atoms with Crippen molar-refractivity contribution in [2.24, 2.45) is 9.50 Å². The third-order valence-corrected chi connectivity index (χ3v) is 7.18. The molecule has 148 valence electrons. The van der Waals surface area contributed by atoms with Gasteiger partial charge in [0.15, 0.2) is 9.92 Å². The van der Waals surface area contributed by atoms with E-state index in [0.717, 1.165) is 44.2 Å². The van der Waals surface area contributed by atoms with Crippen LogP contribution in [-0.4, -0.2) is 26.6 Å². The van der Waals surface area contributed by atoms with Crippen molar-refractivity contribution in [1.82, 2.24) is 9.78 Å². The van der Waals surface area contributed by atoms with Crippen LogP contribution < -0.4 is 15.2 Å². The van der Waals surface area contributed by atoms with Crippen LogP contribution >= 0.6 is 0 Å². The smallest absolute Gasteiger partial charge is 0.354 e. The van der Waals surface area contributed by atoms with Crippen molar-refractivity contribution < 1.29 is 13.7 Å². The molecular formula is C19H23N5O3S. The topological polar surface area (TPSA) is 112 Å². The van der Waals surface area contributed by atoms with Gasteiger partial charge in [0.05, 0.1) is 12.2 Å². The van der Waals surface area contributed by atoms with Crippen LogP contribution in [0.1, 0.15) is 48.1 Å². The molecule has 2 amide bonds. The Morgan fingerprint density at radius 2 is 1.96 bits per heavy atom. The van der Waals surface area contributed by atoms with Crippen LogP contribution in [0.25, 0.3) is 0 Å². The number of ether oxygens (including phenoxy) is 1. The van der Waals surface area contributed by atoms with Gasteiger partial charge in [0.1, 0.15) is 11.5 Å². The Bertz CT molecular complexity index is 1080. The van der Waals surface area contributed by atoms with Gasteiger partial charge >= 0.3 is 6.03 Å². The van der Waals surface area contributed by atoms with Crippen molar-refractivity contribution in [2.45, 2.75) is 56.4 Å². The predicted octanol–water partition coefficient (Wildman–Crippen LogP) is 2.75. The summed E-state index contributed by atoms with van der Waals surface area (Å²) in [6.45, 7) is 2.37. The number of hydrogen-bond acceptors (Lipinski definition) is 4. The first kappa shape index (κ1) is 17.7. The van der Waals surface area contributed by atoms with E-state index in [1.807, 2.05) is 6.92 Å². The highest BCUT2D eigenvalue weighted by atomic mass is 32.2. The van der Waals surface area contributed by atoms with E-state index >= 15 is 0 Å². The fourth-order valence-electron chi connectivity index (χ4n) is 4.53. The summed E-state index contributed by atoms with van der Waals surface area (Å²) >= 11 is 0. The van der Waals surface area contributed by atoms with Gasteiger partial charge < -0.3 is 10.1 Å². The highest BCUT2D eigenvalue weighted by Crippen LogP contribution is 2.39. The molecule has 3 N–H and O–H groups in total. The zero-order chi connectivity index (χ0) is 19.5. The van der Waals surface area contributed by atoms with Crippen molar-refractivity contribution in [3.63, 3.8) is 0 Å². The van der Waals surface area contributed by atoms with Crippen LogP contribution in [0, 0.1) is 0 Å². The first-order chi connectivity index (χ1) is 13.4. The van der Waals surface area contributed by atoms with Crippen molar-refractivity contribution in [1.29, 1.82) is 0 Å². The third-order valence-electron chi connectivity index (χ3n) is 5.84. The van der Waals surface area contributed by atoms with Crippen LogP contribution in [0.15, 0.2) is 21.5 Å². The molecule has 5 rings (SSSR count). The second-order valence-electron chi connectivity index (χ2n) is 7.74. The fraction of sp³-hybridized carbons (Fsp3) is 0.474. The number of nitrogens with one attached hydrogen (secondary N) is 1. The van der Waals surface area contributed by atoms with E-state index in [1.165, 1.54) is 28.5 Å². The fourth-order valence-corrected chi connectivity index (χ4v) is 5.52. The Balaban J connectivity index is 1.49. The van der Waals surface area contributed by atoms with Gasteiger partial charge in [0, 0.05) is 5.69 Å². The Morgan fingerprint density at radius 1 is 1.29 bits per heavy atom.